The zero-order valence-corrected chi connectivity index (χ0v) is 7.71. The number of carbonyl (C=O) groups is 1. The number of fused-ring (bicyclic) bond motifs is 1. The Labute approximate surface area is 78.0 Å². The highest BCUT2D eigenvalue weighted by Gasteiger charge is 2.16. The number of aldehydes is 1. The molecule has 1 aliphatic heterocycles. The van der Waals surface area contributed by atoms with Crippen molar-refractivity contribution < 1.29 is 4.79 Å². The van der Waals surface area contributed by atoms with Gasteiger partial charge in [0.2, 0.25) is 0 Å². The molecule has 2 nitrogen and oxygen atoms in total. The van der Waals surface area contributed by atoms with Crippen LogP contribution in [0, 0.1) is 6.92 Å². The molecule has 0 radical (unpaired) electrons. The Morgan fingerprint density at radius 3 is 3.08 bits per heavy atom. The van der Waals surface area contributed by atoms with Gasteiger partial charge in [-0.15, -0.1) is 0 Å². The highest BCUT2D eigenvalue weighted by molar-refractivity contribution is 5.59. The Kier molecular flexibility index (Phi) is 2.15. The molecule has 1 atom stereocenters. The van der Waals surface area contributed by atoms with Gasteiger partial charge in [0.25, 0.3) is 0 Å². The van der Waals surface area contributed by atoms with Crippen molar-refractivity contribution in [3.8, 4) is 0 Å². The lowest BCUT2D eigenvalue weighted by molar-refractivity contribution is -0.109. The van der Waals surface area contributed by atoms with Crippen LogP contribution >= 0.6 is 0 Å². The van der Waals surface area contributed by atoms with Crippen molar-refractivity contribution in [2.45, 2.75) is 25.9 Å². The standard InChI is InChI=1S/C11H13NO/c1-8-2-3-9-6-12-11(7-13)5-10(9)4-8/h2-4,7,11-12H,5-6H2,1H3/t11-/m0/s1. The quantitative estimate of drug-likeness (QED) is 0.650. The second-order valence-corrected chi connectivity index (χ2v) is 3.60. The van der Waals surface area contributed by atoms with Crippen LogP contribution in [0.1, 0.15) is 16.7 Å². The average Bonchev–Trinajstić information content (AvgIpc) is 2.16. The van der Waals surface area contributed by atoms with Crippen molar-refractivity contribution in [2.75, 3.05) is 0 Å². The van der Waals surface area contributed by atoms with Gasteiger partial charge < -0.3 is 10.1 Å². The van der Waals surface area contributed by atoms with Gasteiger partial charge in [-0.3, -0.25) is 0 Å². The van der Waals surface area contributed by atoms with Crippen LogP contribution in [0.3, 0.4) is 0 Å². The topological polar surface area (TPSA) is 29.1 Å². The molecule has 13 heavy (non-hydrogen) atoms. The maximum Gasteiger partial charge on any atom is 0.137 e. The summed E-state index contributed by atoms with van der Waals surface area (Å²) in [6.45, 7) is 2.90. The van der Waals surface area contributed by atoms with E-state index in [1.165, 1.54) is 16.7 Å². The maximum absolute atomic E-state index is 10.6. The Bertz CT molecular complexity index is 333. The minimum Gasteiger partial charge on any atom is -0.303 e. The number of hydrogen-bond acceptors (Lipinski definition) is 2. The van der Waals surface area contributed by atoms with Crippen molar-refractivity contribution >= 4 is 6.29 Å². The van der Waals surface area contributed by atoms with Crippen molar-refractivity contribution in [1.82, 2.24) is 5.32 Å². The second kappa shape index (κ2) is 3.30. The van der Waals surface area contributed by atoms with E-state index in [0.29, 0.717) is 0 Å². The SMILES string of the molecule is Cc1ccc2c(c1)C[C@@H](C=O)NC2. The smallest absolute Gasteiger partial charge is 0.137 e. The number of aryl methyl sites for hydroxylation is 1. The third-order valence-electron chi connectivity index (χ3n) is 2.52. The highest BCUT2D eigenvalue weighted by Crippen LogP contribution is 2.17. The van der Waals surface area contributed by atoms with Gasteiger partial charge in [0.15, 0.2) is 0 Å². The minimum absolute atomic E-state index is 0.00861. The molecule has 0 aliphatic carbocycles. The van der Waals surface area contributed by atoms with Crippen LogP contribution in [0.2, 0.25) is 0 Å². The lowest BCUT2D eigenvalue weighted by atomic mass is 9.95. The fraction of sp³-hybridized carbons (Fsp3) is 0.364. The van der Waals surface area contributed by atoms with E-state index < -0.39 is 0 Å². The Morgan fingerprint density at radius 1 is 1.46 bits per heavy atom. The van der Waals surface area contributed by atoms with Crippen LogP contribution in [-0.4, -0.2) is 12.3 Å². The second-order valence-electron chi connectivity index (χ2n) is 3.60. The molecule has 0 aromatic heterocycles. The predicted octanol–water partition coefficient (Wildman–Crippen LogP) is 1.21. The Hall–Kier alpha value is -1.15. The molecular formula is C11H13NO. The summed E-state index contributed by atoms with van der Waals surface area (Å²) in [5.41, 5.74) is 3.91. The molecule has 2 heteroatoms. The lowest BCUT2D eigenvalue weighted by Crippen LogP contribution is -2.36. The third kappa shape index (κ3) is 1.63. The van der Waals surface area contributed by atoms with E-state index in [1.807, 2.05) is 0 Å². The van der Waals surface area contributed by atoms with Gasteiger partial charge in [-0.05, 0) is 24.5 Å². The van der Waals surface area contributed by atoms with Crippen LogP contribution < -0.4 is 5.32 Å². The number of carbonyl (C=O) groups excluding carboxylic acids is 1. The van der Waals surface area contributed by atoms with Crippen molar-refractivity contribution in [2.24, 2.45) is 0 Å². The summed E-state index contributed by atoms with van der Waals surface area (Å²) in [6, 6.07) is 6.43. The summed E-state index contributed by atoms with van der Waals surface area (Å²) in [6.07, 6.45) is 1.83. The van der Waals surface area contributed by atoms with E-state index in [9.17, 15) is 4.79 Å². The van der Waals surface area contributed by atoms with Crippen molar-refractivity contribution in [1.29, 1.82) is 0 Å². The molecule has 0 bridgehead atoms. The van der Waals surface area contributed by atoms with Crippen LogP contribution in [-0.2, 0) is 17.8 Å². The lowest BCUT2D eigenvalue weighted by Gasteiger charge is -2.22. The predicted molar refractivity (Wildman–Crippen MR) is 51.6 cm³/mol. The molecule has 0 amide bonds. The summed E-state index contributed by atoms with van der Waals surface area (Å²) < 4.78 is 0. The first kappa shape index (κ1) is 8.45. The molecule has 2 rings (SSSR count). The van der Waals surface area contributed by atoms with Crippen molar-refractivity contribution in [3.63, 3.8) is 0 Å². The number of nitrogens with one attached hydrogen (secondary N) is 1. The maximum atomic E-state index is 10.6. The zero-order valence-electron chi connectivity index (χ0n) is 7.71. The summed E-state index contributed by atoms with van der Waals surface area (Å²) >= 11 is 0. The third-order valence-corrected chi connectivity index (χ3v) is 2.52. The highest BCUT2D eigenvalue weighted by atomic mass is 16.1. The Balaban J connectivity index is 2.32. The fourth-order valence-corrected chi connectivity index (χ4v) is 1.76. The molecule has 68 valence electrons. The molecule has 0 spiro atoms. The van der Waals surface area contributed by atoms with Gasteiger partial charge >= 0.3 is 0 Å². The molecule has 1 heterocycles. The van der Waals surface area contributed by atoms with Gasteiger partial charge in [0.05, 0.1) is 6.04 Å². The summed E-state index contributed by atoms with van der Waals surface area (Å²) in [5.74, 6) is 0. The molecule has 1 aromatic carbocycles. The van der Waals surface area contributed by atoms with E-state index >= 15 is 0 Å². The largest absolute Gasteiger partial charge is 0.303 e. The van der Waals surface area contributed by atoms with E-state index in [-0.39, 0.29) is 6.04 Å². The van der Waals surface area contributed by atoms with Gasteiger partial charge in [-0.2, -0.15) is 0 Å². The number of rotatable bonds is 1. The molecule has 0 saturated carbocycles. The first-order chi connectivity index (χ1) is 6.29. The first-order valence-corrected chi connectivity index (χ1v) is 4.56. The van der Waals surface area contributed by atoms with Gasteiger partial charge in [0.1, 0.15) is 6.29 Å². The normalized spacial score (nSPS) is 20.8. The van der Waals surface area contributed by atoms with E-state index in [4.69, 9.17) is 0 Å². The summed E-state index contributed by atoms with van der Waals surface area (Å²) in [5, 5.41) is 3.18. The molecule has 0 fully saturated rings. The summed E-state index contributed by atoms with van der Waals surface area (Å²) in [4.78, 5) is 10.6. The molecular weight excluding hydrogens is 162 g/mol. The Morgan fingerprint density at radius 2 is 2.31 bits per heavy atom. The van der Waals surface area contributed by atoms with Gasteiger partial charge in [-0.1, -0.05) is 23.8 Å². The van der Waals surface area contributed by atoms with Crippen molar-refractivity contribution in [3.05, 3.63) is 34.9 Å². The first-order valence-electron chi connectivity index (χ1n) is 4.56. The van der Waals surface area contributed by atoms with E-state index in [0.717, 1.165) is 19.3 Å². The average molecular weight is 175 g/mol. The molecule has 0 unspecified atom stereocenters. The minimum atomic E-state index is 0.00861. The number of hydrogen-bond donors (Lipinski definition) is 1. The van der Waals surface area contributed by atoms with Gasteiger partial charge in [-0.25, -0.2) is 0 Å². The monoisotopic (exact) mass is 175 g/mol. The number of benzene rings is 1. The zero-order chi connectivity index (χ0) is 9.26. The molecule has 0 saturated heterocycles. The van der Waals surface area contributed by atoms with E-state index in [1.54, 1.807) is 0 Å². The van der Waals surface area contributed by atoms with Crippen LogP contribution in [0.5, 0.6) is 0 Å². The van der Waals surface area contributed by atoms with Crippen LogP contribution in [0.25, 0.3) is 0 Å². The molecule has 1 N–H and O–H groups in total. The fourth-order valence-electron chi connectivity index (χ4n) is 1.76. The van der Waals surface area contributed by atoms with Gasteiger partial charge in [0, 0.05) is 6.54 Å². The van der Waals surface area contributed by atoms with Crippen LogP contribution in [0.15, 0.2) is 18.2 Å². The van der Waals surface area contributed by atoms with E-state index in [2.05, 4.69) is 30.4 Å². The molecule has 1 aromatic rings. The summed E-state index contributed by atoms with van der Waals surface area (Å²) in [7, 11) is 0. The van der Waals surface area contributed by atoms with Crippen LogP contribution in [0.4, 0.5) is 0 Å². The molecule has 1 aliphatic rings.